The van der Waals surface area contributed by atoms with Crippen LogP contribution in [-0.2, 0) is 24.0 Å². The van der Waals surface area contributed by atoms with Gasteiger partial charge in [-0.2, -0.15) is 12.6 Å². The highest BCUT2D eigenvalue weighted by molar-refractivity contribution is 7.80. The Morgan fingerprint density at radius 1 is 0.897 bits per heavy atom. The second kappa shape index (κ2) is 13.7. The summed E-state index contributed by atoms with van der Waals surface area (Å²) in [5.74, 6) is -5.29. The van der Waals surface area contributed by atoms with Crippen molar-refractivity contribution in [3.05, 3.63) is 0 Å². The molecule has 29 heavy (non-hydrogen) atoms. The van der Waals surface area contributed by atoms with Crippen LogP contribution >= 0.6 is 12.6 Å². The molecule has 0 aliphatic heterocycles. The van der Waals surface area contributed by atoms with E-state index >= 15 is 0 Å². The van der Waals surface area contributed by atoms with Crippen LogP contribution in [0.5, 0.6) is 0 Å². The van der Waals surface area contributed by atoms with Crippen molar-refractivity contribution < 1.29 is 34.2 Å². The molecule has 0 bridgehead atoms. The number of hydrogen-bond acceptors (Lipinski definition) is 8. The van der Waals surface area contributed by atoms with Gasteiger partial charge < -0.3 is 37.6 Å². The number of nitrogens with two attached hydrogens (primary N) is 2. The second-order valence-electron chi connectivity index (χ2n) is 6.38. The molecule has 4 atom stereocenters. The summed E-state index contributed by atoms with van der Waals surface area (Å²) in [7, 11) is 0. The first kappa shape index (κ1) is 26.6. The first-order valence-corrected chi connectivity index (χ1v) is 9.58. The van der Waals surface area contributed by atoms with Crippen LogP contribution in [0.2, 0.25) is 0 Å². The van der Waals surface area contributed by atoms with Crippen molar-refractivity contribution in [3.8, 4) is 0 Å². The van der Waals surface area contributed by atoms with Crippen LogP contribution < -0.4 is 27.4 Å². The number of hydrogen-bond donors (Lipinski definition) is 8. The smallest absolute Gasteiger partial charge is 0.326 e. The molecule has 0 aromatic heterocycles. The van der Waals surface area contributed by atoms with E-state index in [4.69, 9.17) is 16.6 Å². The fourth-order valence-electron chi connectivity index (χ4n) is 2.18. The standard InChI is InChI=1S/C16H29N5O7S/c1-8(18)13(24)21-11(7-29)15(26)20-10(6-12(22)23)14(25)19-9(16(27)28)4-2-3-5-17/h8-11,29H,2-7,17-18H2,1H3,(H,19,25)(H,20,26)(H,21,24)(H,22,23)(H,27,28). The maximum Gasteiger partial charge on any atom is 0.326 e. The molecule has 0 radical (unpaired) electrons. The molecule has 166 valence electrons. The summed E-state index contributed by atoms with van der Waals surface area (Å²) in [6.07, 6.45) is 0.301. The normalized spacial score (nSPS) is 14.8. The molecule has 0 saturated carbocycles. The van der Waals surface area contributed by atoms with Gasteiger partial charge in [0.25, 0.3) is 0 Å². The van der Waals surface area contributed by atoms with Crippen LogP contribution in [0, 0.1) is 0 Å². The third kappa shape index (κ3) is 10.7. The molecule has 0 aromatic carbocycles. The predicted octanol–water partition coefficient (Wildman–Crippen LogP) is -2.59. The van der Waals surface area contributed by atoms with Gasteiger partial charge in [-0.15, -0.1) is 0 Å². The molecule has 9 N–H and O–H groups in total. The van der Waals surface area contributed by atoms with Crippen LogP contribution in [0.25, 0.3) is 0 Å². The van der Waals surface area contributed by atoms with Gasteiger partial charge in [0.15, 0.2) is 0 Å². The fourth-order valence-corrected chi connectivity index (χ4v) is 2.43. The van der Waals surface area contributed by atoms with Gasteiger partial charge in [0.2, 0.25) is 17.7 Å². The zero-order chi connectivity index (χ0) is 22.6. The third-order valence-electron chi connectivity index (χ3n) is 3.80. The monoisotopic (exact) mass is 435 g/mol. The summed E-state index contributed by atoms with van der Waals surface area (Å²) in [6, 6.07) is -4.87. The van der Waals surface area contributed by atoms with E-state index in [0.717, 1.165) is 0 Å². The zero-order valence-corrected chi connectivity index (χ0v) is 17.0. The number of carboxylic acids is 2. The van der Waals surface area contributed by atoms with Crippen molar-refractivity contribution in [2.24, 2.45) is 11.5 Å². The Morgan fingerprint density at radius 2 is 1.41 bits per heavy atom. The number of unbranched alkanes of at least 4 members (excludes halogenated alkanes) is 1. The fraction of sp³-hybridized carbons (Fsp3) is 0.688. The minimum Gasteiger partial charge on any atom is -0.481 e. The number of nitrogens with one attached hydrogen (secondary N) is 3. The van der Waals surface area contributed by atoms with Gasteiger partial charge >= 0.3 is 11.9 Å². The Hall–Kier alpha value is -2.38. The Balaban J connectivity index is 5.18. The summed E-state index contributed by atoms with van der Waals surface area (Å²) < 4.78 is 0. The van der Waals surface area contributed by atoms with E-state index in [1.165, 1.54) is 6.92 Å². The summed E-state index contributed by atoms with van der Waals surface area (Å²) in [4.78, 5) is 58.8. The lowest BCUT2D eigenvalue weighted by Gasteiger charge is -2.23. The molecule has 12 nitrogen and oxygen atoms in total. The molecule has 0 aromatic rings. The predicted molar refractivity (Wildman–Crippen MR) is 106 cm³/mol. The number of amides is 3. The number of rotatable bonds is 14. The number of aliphatic carboxylic acids is 2. The van der Waals surface area contributed by atoms with Crippen molar-refractivity contribution in [3.63, 3.8) is 0 Å². The lowest BCUT2D eigenvalue weighted by molar-refractivity contribution is -0.143. The maximum atomic E-state index is 12.4. The summed E-state index contributed by atoms with van der Waals surface area (Å²) in [5, 5.41) is 25.0. The third-order valence-corrected chi connectivity index (χ3v) is 4.17. The molecule has 0 aliphatic rings. The van der Waals surface area contributed by atoms with Crippen LogP contribution in [0.4, 0.5) is 0 Å². The molecule has 0 aliphatic carbocycles. The average molecular weight is 436 g/mol. The van der Waals surface area contributed by atoms with Crippen LogP contribution in [0.1, 0.15) is 32.6 Å². The minimum absolute atomic E-state index is 0.0930. The Morgan fingerprint density at radius 3 is 1.86 bits per heavy atom. The van der Waals surface area contributed by atoms with Crippen molar-refractivity contribution >= 4 is 42.3 Å². The zero-order valence-electron chi connectivity index (χ0n) is 16.1. The van der Waals surface area contributed by atoms with Gasteiger partial charge in [-0.25, -0.2) is 4.79 Å². The van der Waals surface area contributed by atoms with Crippen molar-refractivity contribution in [2.45, 2.75) is 56.8 Å². The lowest BCUT2D eigenvalue weighted by atomic mass is 10.1. The summed E-state index contributed by atoms with van der Waals surface area (Å²) in [6.45, 7) is 1.76. The van der Waals surface area contributed by atoms with Gasteiger partial charge in [-0.3, -0.25) is 19.2 Å². The van der Waals surface area contributed by atoms with E-state index < -0.39 is 60.2 Å². The molecule has 4 unspecified atom stereocenters. The van der Waals surface area contributed by atoms with Crippen molar-refractivity contribution in [2.75, 3.05) is 12.3 Å². The van der Waals surface area contributed by atoms with Gasteiger partial charge in [-0.1, -0.05) is 0 Å². The van der Waals surface area contributed by atoms with E-state index in [1.807, 2.05) is 0 Å². The molecular formula is C16H29N5O7S. The van der Waals surface area contributed by atoms with E-state index in [-0.39, 0.29) is 12.2 Å². The molecular weight excluding hydrogens is 406 g/mol. The Kier molecular flexibility index (Phi) is 12.6. The first-order chi connectivity index (χ1) is 13.5. The van der Waals surface area contributed by atoms with Crippen LogP contribution in [0.15, 0.2) is 0 Å². The van der Waals surface area contributed by atoms with E-state index in [0.29, 0.717) is 19.4 Å². The average Bonchev–Trinajstić information content (AvgIpc) is 2.63. The highest BCUT2D eigenvalue weighted by atomic mass is 32.1. The van der Waals surface area contributed by atoms with Crippen molar-refractivity contribution in [1.82, 2.24) is 16.0 Å². The van der Waals surface area contributed by atoms with Gasteiger partial charge in [0.1, 0.15) is 18.1 Å². The molecule has 13 heteroatoms. The quantitative estimate of drug-likeness (QED) is 0.106. The highest BCUT2D eigenvalue weighted by Gasteiger charge is 2.30. The largest absolute Gasteiger partial charge is 0.481 e. The summed E-state index contributed by atoms with van der Waals surface area (Å²) in [5.41, 5.74) is 10.8. The van der Waals surface area contributed by atoms with Gasteiger partial charge in [-0.05, 0) is 32.7 Å². The van der Waals surface area contributed by atoms with E-state index in [9.17, 15) is 29.1 Å². The Bertz CT molecular complexity index is 602. The topological polar surface area (TPSA) is 214 Å². The lowest BCUT2D eigenvalue weighted by Crippen LogP contribution is -2.57. The minimum atomic E-state index is -1.55. The van der Waals surface area contributed by atoms with Gasteiger partial charge in [0.05, 0.1) is 12.5 Å². The Labute approximate surface area is 173 Å². The highest BCUT2D eigenvalue weighted by Crippen LogP contribution is 2.03. The second-order valence-corrected chi connectivity index (χ2v) is 6.74. The van der Waals surface area contributed by atoms with Crippen molar-refractivity contribution in [1.29, 1.82) is 0 Å². The maximum absolute atomic E-state index is 12.4. The first-order valence-electron chi connectivity index (χ1n) is 8.95. The summed E-state index contributed by atoms with van der Waals surface area (Å²) >= 11 is 3.95. The van der Waals surface area contributed by atoms with E-state index in [1.54, 1.807) is 0 Å². The SMILES string of the molecule is CC(N)C(=O)NC(CS)C(=O)NC(CC(=O)O)C(=O)NC(CCCCN)C(=O)O. The van der Waals surface area contributed by atoms with Crippen LogP contribution in [0.3, 0.4) is 0 Å². The van der Waals surface area contributed by atoms with Crippen LogP contribution in [-0.4, -0.2) is 76.3 Å². The molecule has 0 heterocycles. The number of carbonyl (C=O) groups excluding carboxylic acids is 3. The molecule has 0 spiro atoms. The van der Waals surface area contributed by atoms with Gasteiger partial charge in [0, 0.05) is 5.75 Å². The molecule has 0 saturated heterocycles. The number of thiol groups is 1. The molecule has 3 amide bonds. The number of carbonyl (C=O) groups is 5. The molecule has 0 rings (SSSR count). The van der Waals surface area contributed by atoms with E-state index in [2.05, 4.69) is 28.6 Å². The number of carboxylic acid groups (broad SMARTS) is 2. The molecule has 0 fully saturated rings.